The topological polar surface area (TPSA) is 61.4 Å². The Morgan fingerprint density at radius 2 is 1.97 bits per heavy atom. The van der Waals surface area contributed by atoms with Gasteiger partial charge in [-0.05, 0) is 86.4 Å². The van der Waals surface area contributed by atoms with Gasteiger partial charge in [-0.15, -0.1) is 0 Å². The molecular formula is C25H39N3O2S. The number of hydrogen-bond donors (Lipinski definition) is 2. The van der Waals surface area contributed by atoms with E-state index >= 15 is 0 Å². The van der Waals surface area contributed by atoms with Crippen molar-refractivity contribution in [3.05, 3.63) is 12.2 Å². The molecule has 0 aromatic carbocycles. The molecule has 0 unspecified atom stereocenters. The lowest BCUT2D eigenvalue weighted by molar-refractivity contribution is -0.141. The molecule has 0 spiro atoms. The Balaban J connectivity index is 1.48. The molecule has 1 heterocycles. The van der Waals surface area contributed by atoms with Crippen LogP contribution in [-0.4, -0.2) is 41.5 Å². The largest absolute Gasteiger partial charge is 0.362 e. The number of amides is 2. The molecular weight excluding hydrogens is 406 g/mol. The Labute approximate surface area is 192 Å². The lowest BCUT2D eigenvalue weighted by Gasteiger charge is -2.60. The average Bonchev–Trinajstić information content (AvgIpc) is 3.08. The third-order valence-electron chi connectivity index (χ3n) is 9.50. The Kier molecular flexibility index (Phi) is 6.23. The number of nitrogens with one attached hydrogen (secondary N) is 2. The zero-order valence-corrected chi connectivity index (χ0v) is 20.4. The van der Waals surface area contributed by atoms with Gasteiger partial charge in [-0.25, -0.2) is 0 Å². The lowest BCUT2D eigenvalue weighted by atomic mass is 9.47. The monoisotopic (exact) mass is 445 g/mol. The number of likely N-dealkylation sites (N-methyl/N-ethyl adjacent to an activating group) is 1. The van der Waals surface area contributed by atoms with Gasteiger partial charge in [0.15, 0.2) is 5.11 Å². The third-order valence-corrected chi connectivity index (χ3v) is 9.74. The highest BCUT2D eigenvalue weighted by atomic mass is 32.1. The van der Waals surface area contributed by atoms with Crippen molar-refractivity contribution in [2.75, 3.05) is 13.6 Å². The van der Waals surface area contributed by atoms with E-state index in [2.05, 4.69) is 37.5 Å². The first-order valence-corrected chi connectivity index (χ1v) is 12.7. The predicted molar refractivity (Wildman–Crippen MR) is 127 cm³/mol. The molecule has 4 aliphatic rings. The van der Waals surface area contributed by atoms with E-state index in [0.29, 0.717) is 28.9 Å². The van der Waals surface area contributed by atoms with Crippen LogP contribution >= 0.6 is 12.2 Å². The zero-order valence-electron chi connectivity index (χ0n) is 19.6. The zero-order chi connectivity index (χ0) is 22.4. The fourth-order valence-electron chi connectivity index (χ4n) is 7.79. The van der Waals surface area contributed by atoms with Crippen LogP contribution < -0.4 is 10.6 Å². The highest BCUT2D eigenvalue weighted by Gasteiger charge is 2.61. The van der Waals surface area contributed by atoms with Crippen LogP contribution in [0.5, 0.6) is 0 Å². The summed E-state index contributed by atoms with van der Waals surface area (Å²) in [6.07, 6.45) is 12.7. The summed E-state index contributed by atoms with van der Waals surface area (Å²) in [7, 11) is 1.97. The minimum absolute atomic E-state index is 0.0426. The number of nitrogens with zero attached hydrogens (tertiary/aromatic N) is 1. The molecule has 0 radical (unpaired) electrons. The van der Waals surface area contributed by atoms with E-state index in [1.165, 1.54) is 6.42 Å². The molecule has 0 saturated heterocycles. The van der Waals surface area contributed by atoms with E-state index in [1.807, 2.05) is 11.9 Å². The van der Waals surface area contributed by atoms with Gasteiger partial charge in [-0.2, -0.15) is 0 Å². The molecule has 4 rings (SSSR count). The van der Waals surface area contributed by atoms with Gasteiger partial charge in [0.25, 0.3) is 0 Å². The first-order valence-electron chi connectivity index (χ1n) is 12.3. The van der Waals surface area contributed by atoms with Crippen molar-refractivity contribution in [2.45, 2.75) is 78.2 Å². The van der Waals surface area contributed by atoms with Crippen LogP contribution in [-0.2, 0) is 9.59 Å². The lowest BCUT2D eigenvalue weighted by Crippen LogP contribution is -2.60. The second-order valence-corrected chi connectivity index (χ2v) is 11.3. The maximum absolute atomic E-state index is 13.2. The van der Waals surface area contributed by atoms with Crippen LogP contribution in [0.25, 0.3) is 0 Å². The Hall–Kier alpha value is -1.43. The molecule has 3 fully saturated rings. The number of hydrogen-bond acceptors (Lipinski definition) is 3. The van der Waals surface area contributed by atoms with Crippen LogP contribution in [0.4, 0.5) is 0 Å². The van der Waals surface area contributed by atoms with Crippen LogP contribution in [0, 0.1) is 34.5 Å². The van der Waals surface area contributed by atoms with Gasteiger partial charge in [-0.3, -0.25) is 9.59 Å². The minimum Gasteiger partial charge on any atom is -0.362 e. The second kappa shape index (κ2) is 8.49. The number of thiocarbonyl (C=S) groups is 1. The molecule has 7 atom stereocenters. The van der Waals surface area contributed by atoms with Gasteiger partial charge in [-0.1, -0.05) is 33.3 Å². The molecule has 0 aromatic rings. The van der Waals surface area contributed by atoms with E-state index in [1.54, 1.807) is 6.08 Å². The van der Waals surface area contributed by atoms with E-state index < -0.39 is 0 Å². The van der Waals surface area contributed by atoms with Crippen LogP contribution in [0.3, 0.4) is 0 Å². The van der Waals surface area contributed by atoms with Crippen molar-refractivity contribution in [3.63, 3.8) is 0 Å². The van der Waals surface area contributed by atoms with Gasteiger partial charge in [0.1, 0.15) is 0 Å². The highest BCUT2D eigenvalue weighted by molar-refractivity contribution is 7.80. The normalized spacial score (nSPS) is 41.2. The number of carbonyl (C=O) groups is 2. The minimum atomic E-state index is 0.0426. The first-order chi connectivity index (χ1) is 14.7. The molecule has 0 aromatic heterocycles. The molecule has 31 heavy (non-hydrogen) atoms. The molecule has 172 valence electrons. The standard InChI is InChI=1S/C25H39N3O2S/c1-5-6-15-26-23(31)27-22(30)19-9-8-17-16-7-10-20-25(3,14-12-21(29)28(20)4)18(16)11-13-24(17,19)2/h12,14,16-20H,5-11,13,15H2,1-4H3,(H2,26,27,30,31)/t16-,17-,18-,19+,20+,24-,25+/m0/s1. The van der Waals surface area contributed by atoms with Crippen molar-refractivity contribution in [1.82, 2.24) is 15.5 Å². The molecule has 2 amide bonds. The van der Waals surface area contributed by atoms with Crippen molar-refractivity contribution in [2.24, 2.45) is 34.5 Å². The maximum atomic E-state index is 13.2. The summed E-state index contributed by atoms with van der Waals surface area (Å²) in [5.41, 5.74) is 0.103. The SMILES string of the molecule is CCCCNC(=S)NC(=O)[C@H]1CC[C@H]2[C@@H]3CC[C@H]4N(C)C(=O)C=C[C@]4(C)[C@H]3CC[C@]12C. The van der Waals surface area contributed by atoms with Gasteiger partial charge in [0.05, 0.1) is 0 Å². The van der Waals surface area contributed by atoms with Crippen LogP contribution in [0.15, 0.2) is 12.2 Å². The summed E-state index contributed by atoms with van der Waals surface area (Å²) >= 11 is 5.37. The highest BCUT2D eigenvalue weighted by Crippen LogP contribution is 2.65. The van der Waals surface area contributed by atoms with E-state index in [9.17, 15) is 9.59 Å². The smallest absolute Gasteiger partial charge is 0.246 e. The van der Waals surface area contributed by atoms with Crippen molar-refractivity contribution < 1.29 is 9.59 Å². The fraction of sp³-hybridized carbons (Fsp3) is 0.800. The van der Waals surface area contributed by atoms with E-state index in [4.69, 9.17) is 12.2 Å². The van der Waals surface area contributed by atoms with E-state index in [-0.39, 0.29) is 28.6 Å². The summed E-state index contributed by atoms with van der Waals surface area (Å²) in [6.45, 7) is 7.69. The molecule has 2 N–H and O–H groups in total. The first kappa shape index (κ1) is 22.8. The second-order valence-electron chi connectivity index (χ2n) is 10.9. The van der Waals surface area contributed by atoms with Crippen molar-refractivity contribution >= 4 is 29.1 Å². The molecule has 3 aliphatic carbocycles. The summed E-state index contributed by atoms with van der Waals surface area (Å²) in [4.78, 5) is 27.4. The number of unbranched alkanes of at least 4 members (excludes halogenated alkanes) is 1. The molecule has 1 aliphatic heterocycles. The predicted octanol–water partition coefficient (Wildman–Crippen LogP) is 4.03. The number of carbonyl (C=O) groups excluding carboxylic acids is 2. The van der Waals surface area contributed by atoms with Gasteiger partial charge in [0, 0.05) is 31.0 Å². The fourth-order valence-corrected chi connectivity index (χ4v) is 7.99. The van der Waals surface area contributed by atoms with Crippen LogP contribution in [0.1, 0.15) is 72.1 Å². The van der Waals surface area contributed by atoms with E-state index in [0.717, 1.165) is 51.5 Å². The quantitative estimate of drug-likeness (QED) is 0.507. The Morgan fingerprint density at radius 1 is 1.19 bits per heavy atom. The van der Waals surface area contributed by atoms with Crippen molar-refractivity contribution in [1.29, 1.82) is 0 Å². The Bertz CT molecular complexity index is 783. The molecule has 6 heteroatoms. The summed E-state index contributed by atoms with van der Waals surface area (Å²) in [5.74, 6) is 2.11. The molecule has 0 bridgehead atoms. The maximum Gasteiger partial charge on any atom is 0.246 e. The number of rotatable bonds is 4. The number of fused-ring (bicyclic) bond motifs is 5. The molecule has 5 nitrogen and oxygen atoms in total. The van der Waals surface area contributed by atoms with Gasteiger partial charge >= 0.3 is 0 Å². The summed E-state index contributed by atoms with van der Waals surface area (Å²) in [6, 6.07) is 0.308. The van der Waals surface area contributed by atoms with Crippen LogP contribution in [0.2, 0.25) is 0 Å². The van der Waals surface area contributed by atoms with Gasteiger partial charge < -0.3 is 15.5 Å². The Morgan fingerprint density at radius 3 is 2.71 bits per heavy atom. The summed E-state index contributed by atoms with van der Waals surface area (Å²) < 4.78 is 0. The van der Waals surface area contributed by atoms with Crippen molar-refractivity contribution in [3.8, 4) is 0 Å². The molecule has 3 saturated carbocycles. The summed E-state index contributed by atoms with van der Waals surface area (Å²) in [5, 5.41) is 6.65. The average molecular weight is 446 g/mol. The van der Waals surface area contributed by atoms with Gasteiger partial charge in [0.2, 0.25) is 11.8 Å². The third kappa shape index (κ3) is 3.73.